The highest BCUT2D eigenvalue weighted by molar-refractivity contribution is 6.99. The molecule has 56 heavy (non-hydrogen) atoms. The summed E-state index contributed by atoms with van der Waals surface area (Å²) in [6.45, 7) is 24.1. The fraction of sp³-hybridized carbons (Fsp3) is 0.700. The molecule has 0 amide bonds. The van der Waals surface area contributed by atoms with Crippen LogP contribution >= 0.6 is 0 Å². The zero-order valence-corrected chi connectivity index (χ0v) is 38.0. The number of fused-ring (bicyclic) bond motifs is 5. The van der Waals surface area contributed by atoms with Crippen molar-refractivity contribution in [3.05, 3.63) is 72.3 Å². The Morgan fingerprint density at radius 3 is 2.09 bits per heavy atom. The fourth-order valence-electron chi connectivity index (χ4n) is 13.0. The molecule has 0 aliphatic heterocycles. The van der Waals surface area contributed by atoms with Crippen molar-refractivity contribution in [1.82, 2.24) is 0 Å². The molecule has 0 aromatic heterocycles. The van der Waals surface area contributed by atoms with Gasteiger partial charge in [-0.2, -0.15) is 0 Å². The summed E-state index contributed by atoms with van der Waals surface area (Å²) in [7, 11) is -0.918. The predicted octanol–water partition coefficient (Wildman–Crippen LogP) is 11.1. The van der Waals surface area contributed by atoms with Gasteiger partial charge in [-0.05, 0) is 132 Å². The third-order valence-electron chi connectivity index (χ3n) is 15.5. The molecule has 0 spiro atoms. The van der Waals surface area contributed by atoms with Crippen LogP contribution in [0.2, 0.25) is 5.04 Å². The maximum atomic E-state index is 13.3. The van der Waals surface area contributed by atoms with Gasteiger partial charge >= 0.3 is 5.97 Å². The van der Waals surface area contributed by atoms with Crippen LogP contribution in [0.3, 0.4) is 0 Å². The van der Waals surface area contributed by atoms with Crippen molar-refractivity contribution in [1.29, 1.82) is 0 Å². The second-order valence-corrected chi connectivity index (χ2v) is 25.3. The van der Waals surface area contributed by atoms with E-state index in [2.05, 4.69) is 129 Å². The first kappa shape index (κ1) is 43.3. The summed E-state index contributed by atoms with van der Waals surface area (Å²) in [5, 5.41) is 2.73. The van der Waals surface area contributed by atoms with Crippen molar-refractivity contribution < 1.29 is 23.4 Å². The SMILES string of the molecule is CCOC(=O)[C@H](C[C@H](OCOC)[C@@H](C)[C@H]1CC[C@H]2[C@@H]3CC=C4C[C@@H](O[Si](c5ccccc5)(c5ccccc5)C(C)(C)C)CC[C@]4(C)[C@H]3CC[C@]12C)CC(C)(C)C. The van der Waals surface area contributed by atoms with Gasteiger partial charge in [0.1, 0.15) is 6.79 Å². The lowest BCUT2D eigenvalue weighted by Gasteiger charge is -2.59. The van der Waals surface area contributed by atoms with Crippen molar-refractivity contribution in [2.75, 3.05) is 20.5 Å². The van der Waals surface area contributed by atoms with E-state index in [0.29, 0.717) is 30.8 Å². The lowest BCUT2D eigenvalue weighted by Crippen LogP contribution is -2.68. The number of ether oxygens (including phenoxy) is 3. The Bertz CT molecular complexity index is 1590. The number of rotatable bonds is 14. The molecule has 2 aromatic carbocycles. The number of benzene rings is 2. The van der Waals surface area contributed by atoms with E-state index in [1.54, 1.807) is 12.7 Å². The molecule has 0 saturated heterocycles. The molecule has 3 saturated carbocycles. The lowest BCUT2D eigenvalue weighted by molar-refractivity contribution is -0.155. The van der Waals surface area contributed by atoms with Crippen LogP contribution in [0.15, 0.2) is 72.3 Å². The average Bonchev–Trinajstić information content (AvgIpc) is 3.51. The Morgan fingerprint density at radius 1 is 0.875 bits per heavy atom. The standard InChI is InChI=1S/C50H76O5Si/c1-12-53-46(51)36(33-47(3,4)5)31-45(54-34-52-11)35(2)42-25-26-43-41-24-23-37-32-38(27-29-49(37,9)44(41)28-30-50(42,43)10)55-56(48(6,7)8,39-19-15-13-16-20-39)40-21-17-14-18-22-40/h13-23,35-36,38,41-45H,12,24-34H2,1-11H3/t35-,36+,38-,41-,42+,43-,44-,45-,49-,50+/m0/s1. The molecule has 0 bridgehead atoms. The quantitative estimate of drug-likeness (QED) is 0.0826. The summed E-state index contributed by atoms with van der Waals surface area (Å²) >= 11 is 0. The largest absolute Gasteiger partial charge is 0.466 e. The monoisotopic (exact) mass is 785 g/mol. The maximum Gasteiger partial charge on any atom is 0.309 e. The molecule has 2 aromatic rings. The number of allylic oxidation sites excluding steroid dienone is 1. The highest BCUT2D eigenvalue weighted by atomic mass is 28.4. The molecule has 6 rings (SSSR count). The minimum Gasteiger partial charge on any atom is -0.466 e. The molecule has 3 fully saturated rings. The Hall–Kier alpha value is -2.25. The highest BCUT2D eigenvalue weighted by Crippen LogP contribution is 2.67. The van der Waals surface area contributed by atoms with Gasteiger partial charge in [0.05, 0.1) is 18.6 Å². The minimum absolute atomic E-state index is 0.0193. The zero-order chi connectivity index (χ0) is 40.5. The molecule has 10 atom stereocenters. The summed E-state index contributed by atoms with van der Waals surface area (Å²) in [5.74, 6) is 2.78. The van der Waals surface area contributed by atoms with E-state index in [1.165, 1.54) is 48.9 Å². The molecule has 0 radical (unpaired) electrons. The van der Waals surface area contributed by atoms with E-state index in [4.69, 9.17) is 18.6 Å². The number of esters is 1. The number of hydrogen-bond acceptors (Lipinski definition) is 5. The van der Waals surface area contributed by atoms with Crippen molar-refractivity contribution in [2.24, 2.45) is 51.8 Å². The van der Waals surface area contributed by atoms with Gasteiger partial charge in [-0.15, -0.1) is 0 Å². The summed E-state index contributed by atoms with van der Waals surface area (Å²) in [6, 6.07) is 22.4. The fourth-order valence-corrected chi connectivity index (χ4v) is 17.7. The Morgan fingerprint density at radius 2 is 1.52 bits per heavy atom. The van der Waals surface area contributed by atoms with E-state index in [0.717, 1.165) is 31.1 Å². The van der Waals surface area contributed by atoms with Crippen LogP contribution in [0.4, 0.5) is 0 Å². The predicted molar refractivity (Wildman–Crippen MR) is 232 cm³/mol. The molecule has 5 nitrogen and oxygen atoms in total. The molecular formula is C50H76O5Si. The van der Waals surface area contributed by atoms with Crippen LogP contribution in [-0.4, -0.2) is 47.0 Å². The number of carbonyl (C=O) groups is 1. The van der Waals surface area contributed by atoms with Crippen molar-refractivity contribution in [3.63, 3.8) is 0 Å². The van der Waals surface area contributed by atoms with Gasteiger partial charge in [-0.25, -0.2) is 0 Å². The molecule has 4 aliphatic carbocycles. The van der Waals surface area contributed by atoms with E-state index in [9.17, 15) is 4.79 Å². The Kier molecular flexibility index (Phi) is 13.3. The van der Waals surface area contributed by atoms with Gasteiger partial charge in [0.25, 0.3) is 8.32 Å². The van der Waals surface area contributed by atoms with Crippen LogP contribution in [0.1, 0.15) is 133 Å². The van der Waals surface area contributed by atoms with E-state index < -0.39 is 8.32 Å². The van der Waals surface area contributed by atoms with Crippen molar-refractivity contribution >= 4 is 24.7 Å². The van der Waals surface area contributed by atoms with Crippen molar-refractivity contribution in [2.45, 2.75) is 151 Å². The van der Waals surface area contributed by atoms with Crippen LogP contribution in [-0.2, 0) is 23.4 Å². The lowest BCUT2D eigenvalue weighted by atomic mass is 9.47. The average molecular weight is 785 g/mol. The first-order valence-electron chi connectivity index (χ1n) is 22.2. The van der Waals surface area contributed by atoms with Gasteiger partial charge in [-0.3, -0.25) is 4.79 Å². The normalized spacial score (nSPS) is 31.0. The number of methoxy groups -OCH3 is 1. The molecular weight excluding hydrogens is 709 g/mol. The number of carbonyl (C=O) groups excluding carboxylic acids is 1. The van der Waals surface area contributed by atoms with Crippen LogP contribution < -0.4 is 10.4 Å². The van der Waals surface area contributed by atoms with Gasteiger partial charge in [-0.1, -0.05) is 135 Å². The Labute approximate surface area is 342 Å². The van der Waals surface area contributed by atoms with Crippen LogP contribution in [0, 0.1) is 51.8 Å². The third-order valence-corrected chi connectivity index (χ3v) is 20.6. The second kappa shape index (κ2) is 17.2. The molecule has 4 aliphatic rings. The Balaban J connectivity index is 1.22. The van der Waals surface area contributed by atoms with E-state index >= 15 is 0 Å². The summed E-state index contributed by atoms with van der Waals surface area (Å²) in [5.41, 5.74) is 2.20. The van der Waals surface area contributed by atoms with Gasteiger partial charge < -0.3 is 18.6 Å². The molecule has 0 N–H and O–H groups in total. The zero-order valence-electron chi connectivity index (χ0n) is 37.0. The highest BCUT2D eigenvalue weighted by Gasteiger charge is 2.60. The molecule has 310 valence electrons. The smallest absolute Gasteiger partial charge is 0.309 e. The van der Waals surface area contributed by atoms with Crippen LogP contribution in [0.5, 0.6) is 0 Å². The topological polar surface area (TPSA) is 54.0 Å². The summed E-state index contributed by atoms with van der Waals surface area (Å²) in [4.78, 5) is 13.3. The second-order valence-electron chi connectivity index (χ2n) is 21.1. The number of hydrogen-bond donors (Lipinski definition) is 0. The summed E-state index contributed by atoms with van der Waals surface area (Å²) in [6.07, 6.45) is 14.0. The first-order valence-corrected chi connectivity index (χ1v) is 24.1. The van der Waals surface area contributed by atoms with Gasteiger partial charge in [0.2, 0.25) is 0 Å². The minimum atomic E-state index is -2.62. The van der Waals surface area contributed by atoms with Crippen LogP contribution in [0.25, 0.3) is 0 Å². The van der Waals surface area contributed by atoms with Gasteiger partial charge in [0, 0.05) is 13.2 Å². The molecule has 0 unspecified atom stereocenters. The van der Waals surface area contributed by atoms with E-state index in [-0.39, 0.29) is 52.2 Å². The first-order chi connectivity index (χ1) is 26.5. The molecule has 0 heterocycles. The maximum absolute atomic E-state index is 13.3. The van der Waals surface area contributed by atoms with E-state index in [1.807, 2.05) is 6.92 Å². The third kappa shape index (κ3) is 8.43. The van der Waals surface area contributed by atoms with Crippen molar-refractivity contribution in [3.8, 4) is 0 Å². The van der Waals surface area contributed by atoms with Gasteiger partial charge in [0.15, 0.2) is 0 Å². The summed E-state index contributed by atoms with van der Waals surface area (Å²) < 4.78 is 25.4. The molecule has 6 heteroatoms.